The minimum Gasteiger partial charge on any atom is -0.330 e. The monoisotopic (exact) mass is 232 g/mol. The molecule has 2 saturated carbocycles. The van der Waals surface area contributed by atoms with E-state index in [-0.39, 0.29) is 10.7 Å². The Kier molecular flexibility index (Phi) is 3.05. The summed E-state index contributed by atoms with van der Waals surface area (Å²) in [5.74, 6) is 0. The molecule has 3 N–H and O–H groups in total. The number of hydrogen-bond donors (Lipinski definition) is 2. The molecular formula is C10H20N2O2S. The lowest BCUT2D eigenvalue weighted by molar-refractivity contribution is 0.309. The maximum absolute atomic E-state index is 11.7. The average Bonchev–Trinajstić information content (AvgIpc) is 2.97. The van der Waals surface area contributed by atoms with Crippen molar-refractivity contribution < 1.29 is 8.42 Å². The highest BCUT2D eigenvalue weighted by molar-refractivity contribution is 7.90. The van der Waals surface area contributed by atoms with Crippen LogP contribution in [0, 0.1) is 5.41 Å². The van der Waals surface area contributed by atoms with Gasteiger partial charge in [-0.2, -0.15) is 0 Å². The third-order valence-corrected chi connectivity index (χ3v) is 5.60. The maximum atomic E-state index is 11.7. The maximum Gasteiger partial charge on any atom is 0.214 e. The van der Waals surface area contributed by atoms with Crippen LogP contribution in [0.1, 0.15) is 38.5 Å². The zero-order valence-corrected chi connectivity index (χ0v) is 9.85. The number of rotatable bonds is 5. The normalized spacial score (nSPS) is 25.7. The second kappa shape index (κ2) is 4.03. The summed E-state index contributed by atoms with van der Waals surface area (Å²) in [6, 6.07) is 0. The van der Waals surface area contributed by atoms with E-state index in [1.54, 1.807) is 0 Å². The quantitative estimate of drug-likeness (QED) is 0.728. The molecule has 2 aliphatic rings. The number of hydrogen-bond acceptors (Lipinski definition) is 3. The predicted molar refractivity (Wildman–Crippen MR) is 59.9 cm³/mol. The van der Waals surface area contributed by atoms with Crippen molar-refractivity contribution in [2.45, 2.75) is 43.8 Å². The van der Waals surface area contributed by atoms with Gasteiger partial charge in [0, 0.05) is 6.54 Å². The molecule has 0 amide bonds. The second-order valence-corrected chi connectivity index (χ2v) is 7.02. The zero-order chi connectivity index (χ0) is 10.9. The summed E-state index contributed by atoms with van der Waals surface area (Å²) in [6.07, 6.45) is 6.15. The van der Waals surface area contributed by atoms with Gasteiger partial charge >= 0.3 is 0 Å². The van der Waals surface area contributed by atoms with Gasteiger partial charge in [0.05, 0.1) is 5.25 Å². The van der Waals surface area contributed by atoms with Gasteiger partial charge in [-0.3, -0.25) is 0 Å². The Morgan fingerprint density at radius 2 is 1.87 bits per heavy atom. The average molecular weight is 232 g/mol. The molecule has 2 rings (SSSR count). The summed E-state index contributed by atoms with van der Waals surface area (Å²) in [4.78, 5) is 0. The third-order valence-electron chi connectivity index (χ3n) is 3.71. The van der Waals surface area contributed by atoms with Crippen LogP contribution in [-0.2, 0) is 10.0 Å². The molecule has 0 spiro atoms. The van der Waals surface area contributed by atoms with Gasteiger partial charge in [-0.05, 0) is 37.6 Å². The molecule has 5 heteroatoms. The van der Waals surface area contributed by atoms with Gasteiger partial charge in [-0.1, -0.05) is 12.8 Å². The molecule has 0 aliphatic heterocycles. The molecular weight excluding hydrogens is 212 g/mol. The van der Waals surface area contributed by atoms with E-state index in [0.29, 0.717) is 13.1 Å². The van der Waals surface area contributed by atoms with Crippen LogP contribution in [0.25, 0.3) is 0 Å². The van der Waals surface area contributed by atoms with E-state index in [4.69, 9.17) is 5.73 Å². The Morgan fingerprint density at radius 3 is 2.33 bits per heavy atom. The summed E-state index contributed by atoms with van der Waals surface area (Å²) < 4.78 is 26.1. The lowest BCUT2D eigenvalue weighted by Gasteiger charge is -2.27. The summed E-state index contributed by atoms with van der Waals surface area (Å²) in [5, 5.41) is -0.117. The van der Waals surface area contributed by atoms with Crippen LogP contribution in [0.5, 0.6) is 0 Å². The molecule has 2 aliphatic carbocycles. The number of sulfonamides is 1. The lowest BCUT2D eigenvalue weighted by atomic mass is 9.87. The minimum atomic E-state index is -3.03. The van der Waals surface area contributed by atoms with Crippen molar-refractivity contribution in [3.63, 3.8) is 0 Å². The van der Waals surface area contributed by atoms with Crippen LogP contribution >= 0.6 is 0 Å². The van der Waals surface area contributed by atoms with E-state index in [9.17, 15) is 8.42 Å². The van der Waals surface area contributed by atoms with E-state index < -0.39 is 10.0 Å². The SMILES string of the molecule is NCC1(CNS(=O)(=O)C2CC2)CCCC1. The molecule has 0 aromatic heterocycles. The summed E-state index contributed by atoms with van der Waals surface area (Å²) in [7, 11) is -3.03. The minimum absolute atomic E-state index is 0.0436. The molecule has 0 aromatic carbocycles. The van der Waals surface area contributed by atoms with Gasteiger partial charge in [-0.15, -0.1) is 0 Å². The largest absolute Gasteiger partial charge is 0.330 e. The highest BCUT2D eigenvalue weighted by atomic mass is 32.2. The molecule has 0 saturated heterocycles. The van der Waals surface area contributed by atoms with Gasteiger partial charge in [0.15, 0.2) is 0 Å². The van der Waals surface area contributed by atoms with Gasteiger partial charge in [-0.25, -0.2) is 13.1 Å². The number of nitrogens with two attached hydrogens (primary N) is 1. The highest BCUT2D eigenvalue weighted by Crippen LogP contribution is 2.37. The van der Waals surface area contributed by atoms with Gasteiger partial charge in [0.2, 0.25) is 10.0 Å². The Hall–Kier alpha value is -0.130. The zero-order valence-electron chi connectivity index (χ0n) is 9.04. The van der Waals surface area contributed by atoms with Gasteiger partial charge in [0.25, 0.3) is 0 Å². The molecule has 0 heterocycles. The Bertz CT molecular complexity index is 316. The molecule has 0 unspecified atom stereocenters. The number of nitrogens with one attached hydrogen (secondary N) is 1. The summed E-state index contributed by atoms with van der Waals surface area (Å²) in [6.45, 7) is 1.14. The smallest absolute Gasteiger partial charge is 0.214 e. The van der Waals surface area contributed by atoms with Crippen molar-refractivity contribution in [1.29, 1.82) is 0 Å². The predicted octanol–water partition coefficient (Wildman–Crippen LogP) is 0.587. The van der Waals surface area contributed by atoms with E-state index in [1.165, 1.54) is 12.8 Å². The Labute approximate surface area is 91.7 Å². The van der Waals surface area contributed by atoms with Crippen LogP contribution in [0.4, 0.5) is 0 Å². The van der Waals surface area contributed by atoms with E-state index in [1.807, 2.05) is 0 Å². The Balaban J connectivity index is 1.90. The molecule has 4 nitrogen and oxygen atoms in total. The highest BCUT2D eigenvalue weighted by Gasteiger charge is 2.38. The molecule has 88 valence electrons. The fourth-order valence-electron chi connectivity index (χ4n) is 2.33. The van der Waals surface area contributed by atoms with E-state index in [2.05, 4.69) is 4.72 Å². The first-order valence-electron chi connectivity index (χ1n) is 5.77. The Morgan fingerprint density at radius 1 is 1.27 bits per heavy atom. The van der Waals surface area contributed by atoms with E-state index >= 15 is 0 Å². The fourth-order valence-corrected chi connectivity index (χ4v) is 3.83. The lowest BCUT2D eigenvalue weighted by Crippen LogP contribution is -2.41. The first-order chi connectivity index (χ1) is 7.08. The molecule has 15 heavy (non-hydrogen) atoms. The second-order valence-electron chi connectivity index (χ2n) is 4.98. The van der Waals surface area contributed by atoms with Gasteiger partial charge < -0.3 is 5.73 Å². The molecule has 0 aromatic rings. The van der Waals surface area contributed by atoms with Gasteiger partial charge in [0.1, 0.15) is 0 Å². The van der Waals surface area contributed by atoms with Crippen LogP contribution in [0.2, 0.25) is 0 Å². The van der Waals surface area contributed by atoms with Crippen molar-refractivity contribution >= 4 is 10.0 Å². The van der Waals surface area contributed by atoms with Crippen LogP contribution < -0.4 is 10.5 Å². The van der Waals surface area contributed by atoms with Crippen molar-refractivity contribution in [3.05, 3.63) is 0 Å². The third kappa shape index (κ3) is 2.52. The van der Waals surface area contributed by atoms with Crippen molar-refractivity contribution in [2.75, 3.05) is 13.1 Å². The molecule has 0 radical (unpaired) electrons. The summed E-state index contributed by atoms with van der Waals surface area (Å²) >= 11 is 0. The van der Waals surface area contributed by atoms with Crippen molar-refractivity contribution in [3.8, 4) is 0 Å². The molecule has 0 bridgehead atoms. The van der Waals surface area contributed by atoms with Crippen LogP contribution in [-0.4, -0.2) is 26.8 Å². The summed E-state index contributed by atoms with van der Waals surface area (Å²) in [5.41, 5.74) is 5.80. The van der Waals surface area contributed by atoms with Crippen LogP contribution in [0.15, 0.2) is 0 Å². The van der Waals surface area contributed by atoms with Crippen molar-refractivity contribution in [2.24, 2.45) is 11.1 Å². The van der Waals surface area contributed by atoms with Crippen LogP contribution in [0.3, 0.4) is 0 Å². The van der Waals surface area contributed by atoms with Crippen molar-refractivity contribution in [1.82, 2.24) is 4.72 Å². The van der Waals surface area contributed by atoms with E-state index in [0.717, 1.165) is 25.7 Å². The topological polar surface area (TPSA) is 72.2 Å². The standard InChI is InChI=1S/C10H20N2O2S/c11-7-10(5-1-2-6-10)8-12-15(13,14)9-3-4-9/h9,12H,1-8,11H2. The first-order valence-corrected chi connectivity index (χ1v) is 7.31. The molecule has 0 atom stereocenters. The fraction of sp³-hybridized carbons (Fsp3) is 1.00. The first kappa shape index (κ1) is 11.4. The molecule has 2 fully saturated rings.